The fourth-order valence-electron chi connectivity index (χ4n) is 3.69. The van der Waals surface area contributed by atoms with E-state index in [9.17, 15) is 13.2 Å². The lowest BCUT2D eigenvalue weighted by atomic mass is 10.0. The van der Waals surface area contributed by atoms with Crippen LogP contribution in [0.1, 0.15) is 44.9 Å². The molecular weight excluding hydrogens is 386 g/mol. The largest absolute Gasteiger partial charge is 0.312 e. The van der Waals surface area contributed by atoms with Crippen LogP contribution in [-0.4, -0.2) is 33.0 Å². The molecule has 0 aliphatic carbocycles. The number of nitrogens with one attached hydrogen (secondary N) is 2. The van der Waals surface area contributed by atoms with Crippen LogP contribution in [0.25, 0.3) is 0 Å². The molecule has 0 saturated heterocycles. The van der Waals surface area contributed by atoms with E-state index in [0.29, 0.717) is 13.0 Å². The summed E-state index contributed by atoms with van der Waals surface area (Å²) in [6.45, 7) is 8.38. The summed E-state index contributed by atoms with van der Waals surface area (Å²) in [6, 6.07) is 15.1. The third-order valence-corrected chi connectivity index (χ3v) is 6.65. The minimum absolute atomic E-state index is 0.0298. The van der Waals surface area contributed by atoms with E-state index in [1.807, 2.05) is 44.2 Å². The van der Waals surface area contributed by atoms with E-state index in [0.717, 1.165) is 16.8 Å². The topological polar surface area (TPSA) is 78.5 Å². The van der Waals surface area contributed by atoms with Crippen LogP contribution in [0.4, 0.5) is 5.69 Å². The molecule has 6 nitrogen and oxygen atoms in total. The van der Waals surface area contributed by atoms with Gasteiger partial charge in [0.25, 0.3) is 0 Å². The smallest absolute Gasteiger partial charge is 0.240 e. The third-order valence-electron chi connectivity index (χ3n) is 5.25. The molecule has 7 heteroatoms. The summed E-state index contributed by atoms with van der Waals surface area (Å²) < 4.78 is 28.4. The number of nitrogens with zero attached hydrogens (tertiary/aromatic N) is 1. The zero-order valence-electron chi connectivity index (χ0n) is 17.4. The Labute approximate surface area is 173 Å². The van der Waals surface area contributed by atoms with Gasteiger partial charge in [0.1, 0.15) is 0 Å². The second-order valence-corrected chi connectivity index (χ2v) is 9.96. The van der Waals surface area contributed by atoms with Crippen molar-refractivity contribution in [3.8, 4) is 0 Å². The molecule has 1 amide bonds. The highest BCUT2D eigenvalue weighted by Gasteiger charge is 2.27. The summed E-state index contributed by atoms with van der Waals surface area (Å²) in [5.41, 5.74) is 2.40. The molecule has 2 aromatic carbocycles. The standard InChI is InChI=1S/C22H29N3O3S/c1-16(18-8-6-5-7-9-18)24-22(3,4)15-23-29(27,28)20-10-11-21-19(14-20)12-13-25(21)17(2)26/h5-11,14,16,23-24H,12-13,15H2,1-4H3. The van der Waals surface area contributed by atoms with Crippen molar-refractivity contribution in [2.75, 3.05) is 18.0 Å². The molecule has 1 heterocycles. The number of fused-ring (bicyclic) bond motifs is 1. The first-order chi connectivity index (χ1) is 13.6. The quantitative estimate of drug-likeness (QED) is 0.729. The minimum Gasteiger partial charge on any atom is -0.312 e. The zero-order chi connectivity index (χ0) is 21.2. The van der Waals surface area contributed by atoms with Crippen LogP contribution in [0, 0.1) is 0 Å². The van der Waals surface area contributed by atoms with Crippen molar-refractivity contribution in [1.29, 1.82) is 0 Å². The van der Waals surface area contributed by atoms with Gasteiger partial charge in [-0.15, -0.1) is 0 Å². The maximum Gasteiger partial charge on any atom is 0.240 e. The average molecular weight is 416 g/mol. The van der Waals surface area contributed by atoms with Crippen LogP contribution in [0.5, 0.6) is 0 Å². The molecule has 2 N–H and O–H groups in total. The molecule has 0 spiro atoms. The molecule has 1 aliphatic heterocycles. The minimum atomic E-state index is -3.65. The fourth-order valence-corrected chi connectivity index (χ4v) is 4.96. The van der Waals surface area contributed by atoms with Gasteiger partial charge in [-0.1, -0.05) is 30.3 Å². The molecule has 2 aromatic rings. The number of amides is 1. The van der Waals surface area contributed by atoms with Crippen molar-refractivity contribution in [2.24, 2.45) is 0 Å². The van der Waals surface area contributed by atoms with Gasteiger partial charge in [-0.05, 0) is 56.5 Å². The summed E-state index contributed by atoms with van der Waals surface area (Å²) >= 11 is 0. The first-order valence-corrected chi connectivity index (χ1v) is 11.3. The van der Waals surface area contributed by atoms with E-state index >= 15 is 0 Å². The summed E-state index contributed by atoms with van der Waals surface area (Å²) in [4.78, 5) is 13.6. The Kier molecular flexibility index (Phi) is 6.12. The molecule has 1 atom stereocenters. The number of rotatable bonds is 7. The SMILES string of the molecule is CC(=O)N1CCc2cc(S(=O)(=O)NCC(C)(C)NC(C)c3ccccc3)ccc21. The molecule has 0 bridgehead atoms. The second-order valence-electron chi connectivity index (χ2n) is 8.20. The Morgan fingerprint density at radius 3 is 2.52 bits per heavy atom. The fraction of sp³-hybridized carbons (Fsp3) is 0.409. The highest BCUT2D eigenvalue weighted by atomic mass is 32.2. The van der Waals surface area contributed by atoms with Crippen molar-refractivity contribution < 1.29 is 13.2 Å². The number of carbonyl (C=O) groups excluding carboxylic acids is 1. The van der Waals surface area contributed by atoms with E-state index in [1.54, 1.807) is 23.1 Å². The van der Waals surface area contributed by atoms with Gasteiger partial charge in [-0.2, -0.15) is 0 Å². The Morgan fingerprint density at radius 1 is 1.17 bits per heavy atom. The van der Waals surface area contributed by atoms with Crippen molar-refractivity contribution in [1.82, 2.24) is 10.0 Å². The molecule has 1 aliphatic rings. The van der Waals surface area contributed by atoms with Crippen LogP contribution in [0.3, 0.4) is 0 Å². The van der Waals surface area contributed by atoms with Crippen LogP contribution in [-0.2, 0) is 21.2 Å². The number of carbonyl (C=O) groups is 1. The van der Waals surface area contributed by atoms with Gasteiger partial charge in [0.2, 0.25) is 15.9 Å². The van der Waals surface area contributed by atoms with Crippen LogP contribution < -0.4 is 14.9 Å². The Hall–Kier alpha value is -2.22. The molecule has 156 valence electrons. The van der Waals surface area contributed by atoms with Gasteiger partial charge >= 0.3 is 0 Å². The summed E-state index contributed by atoms with van der Waals surface area (Å²) in [7, 11) is -3.65. The van der Waals surface area contributed by atoms with Crippen molar-refractivity contribution in [2.45, 2.75) is 50.6 Å². The molecular formula is C22H29N3O3S. The molecule has 3 rings (SSSR count). The lowest BCUT2D eigenvalue weighted by molar-refractivity contribution is -0.116. The van der Waals surface area contributed by atoms with E-state index < -0.39 is 15.6 Å². The Bertz CT molecular complexity index is 988. The molecule has 0 fully saturated rings. The van der Waals surface area contributed by atoms with Crippen molar-refractivity contribution in [3.05, 3.63) is 59.7 Å². The molecule has 1 unspecified atom stereocenters. The van der Waals surface area contributed by atoms with Gasteiger partial charge in [0.05, 0.1) is 4.90 Å². The monoisotopic (exact) mass is 415 g/mol. The average Bonchev–Trinajstić information content (AvgIpc) is 3.10. The molecule has 0 radical (unpaired) electrons. The predicted molar refractivity (Wildman–Crippen MR) is 115 cm³/mol. The van der Waals surface area contributed by atoms with E-state index in [4.69, 9.17) is 0 Å². The van der Waals surface area contributed by atoms with E-state index in [2.05, 4.69) is 17.0 Å². The number of hydrogen-bond acceptors (Lipinski definition) is 4. The van der Waals surface area contributed by atoms with Gasteiger partial charge < -0.3 is 10.2 Å². The zero-order valence-corrected chi connectivity index (χ0v) is 18.2. The van der Waals surface area contributed by atoms with Crippen LogP contribution in [0.2, 0.25) is 0 Å². The summed E-state index contributed by atoms with van der Waals surface area (Å²) in [6.07, 6.45) is 0.667. The highest BCUT2D eigenvalue weighted by Crippen LogP contribution is 2.30. The number of sulfonamides is 1. The maximum absolute atomic E-state index is 12.8. The van der Waals surface area contributed by atoms with Crippen LogP contribution >= 0.6 is 0 Å². The number of hydrogen-bond donors (Lipinski definition) is 2. The van der Waals surface area contributed by atoms with E-state index in [-0.39, 0.29) is 23.4 Å². The lowest BCUT2D eigenvalue weighted by Crippen LogP contribution is -2.49. The molecule has 0 saturated carbocycles. The maximum atomic E-state index is 12.8. The van der Waals surface area contributed by atoms with Gasteiger partial charge in [0.15, 0.2) is 0 Å². The lowest BCUT2D eigenvalue weighted by Gasteiger charge is -2.30. The number of anilines is 1. The van der Waals surface area contributed by atoms with Gasteiger partial charge in [-0.3, -0.25) is 4.79 Å². The summed E-state index contributed by atoms with van der Waals surface area (Å²) in [5, 5.41) is 3.49. The van der Waals surface area contributed by atoms with E-state index in [1.165, 1.54) is 6.92 Å². The van der Waals surface area contributed by atoms with Crippen LogP contribution in [0.15, 0.2) is 53.4 Å². The molecule has 0 aromatic heterocycles. The Morgan fingerprint density at radius 2 is 1.86 bits per heavy atom. The normalized spacial score (nSPS) is 15.2. The first-order valence-electron chi connectivity index (χ1n) is 9.82. The molecule has 29 heavy (non-hydrogen) atoms. The third kappa shape index (κ3) is 5.04. The Balaban J connectivity index is 1.67. The summed E-state index contributed by atoms with van der Waals surface area (Å²) in [5.74, 6) is -0.0298. The van der Waals surface area contributed by atoms with Gasteiger partial charge in [-0.25, -0.2) is 13.1 Å². The predicted octanol–water partition coefficient (Wildman–Crippen LogP) is 3.00. The van der Waals surface area contributed by atoms with Crippen molar-refractivity contribution >= 4 is 21.6 Å². The second kappa shape index (κ2) is 8.26. The van der Waals surface area contributed by atoms with Gasteiger partial charge in [0, 0.05) is 37.3 Å². The first kappa shape index (κ1) is 21.5. The van der Waals surface area contributed by atoms with Crippen molar-refractivity contribution in [3.63, 3.8) is 0 Å². The number of benzene rings is 2. The highest BCUT2D eigenvalue weighted by molar-refractivity contribution is 7.89.